The summed E-state index contributed by atoms with van der Waals surface area (Å²) in [6.07, 6.45) is 0.969. The maximum atomic E-state index is 11.7. The Morgan fingerprint density at radius 3 is 2.93 bits per heavy atom. The van der Waals surface area contributed by atoms with Crippen molar-refractivity contribution in [2.24, 2.45) is 0 Å². The predicted octanol–water partition coefficient (Wildman–Crippen LogP) is 3.04. The summed E-state index contributed by atoms with van der Waals surface area (Å²) in [6, 6.07) is 10.00. The van der Waals surface area contributed by atoms with Crippen molar-refractivity contribution in [3.63, 3.8) is 0 Å². The largest absolute Gasteiger partial charge is 0.351 e. The number of carbonyl (C=O) groups excluding carboxylic acids is 1. The molecule has 1 aromatic carbocycles. The molecule has 2 rings (SSSR count). The third kappa shape index (κ3) is 2.18. The maximum Gasteiger partial charge on any atom is 0.261 e. The minimum Gasteiger partial charge on any atom is -0.351 e. The first kappa shape index (κ1) is 10.2. The van der Waals surface area contributed by atoms with Gasteiger partial charge in [0, 0.05) is 11.2 Å². The molecule has 0 atom stereocenters. The van der Waals surface area contributed by atoms with E-state index >= 15 is 0 Å². The molecule has 15 heavy (non-hydrogen) atoms. The first-order valence-electron chi connectivity index (χ1n) is 5.08. The van der Waals surface area contributed by atoms with Crippen molar-refractivity contribution in [2.75, 3.05) is 6.54 Å². The zero-order chi connectivity index (χ0) is 10.7. The molecular formula is C12H13NOS. The van der Waals surface area contributed by atoms with Crippen molar-refractivity contribution in [1.82, 2.24) is 5.32 Å². The Hall–Kier alpha value is -1.35. The Balaban J connectivity index is 2.25. The summed E-state index contributed by atoms with van der Waals surface area (Å²) in [4.78, 5) is 12.5. The third-order valence-electron chi connectivity index (χ3n) is 2.18. The highest BCUT2D eigenvalue weighted by molar-refractivity contribution is 7.20. The van der Waals surface area contributed by atoms with Gasteiger partial charge in [-0.15, -0.1) is 11.3 Å². The SMILES string of the molecule is CCCNC(=O)c1cc2ccccc2s1. The molecule has 1 N–H and O–H groups in total. The average Bonchev–Trinajstić information content (AvgIpc) is 2.69. The molecule has 0 aliphatic rings. The molecule has 0 unspecified atom stereocenters. The molecule has 1 amide bonds. The molecule has 0 aliphatic carbocycles. The number of thiophene rings is 1. The number of hydrogen-bond acceptors (Lipinski definition) is 2. The van der Waals surface area contributed by atoms with Gasteiger partial charge in [-0.05, 0) is 23.9 Å². The maximum absolute atomic E-state index is 11.7. The van der Waals surface area contributed by atoms with Crippen LogP contribution in [0.15, 0.2) is 30.3 Å². The van der Waals surface area contributed by atoms with Crippen LogP contribution in [0, 0.1) is 0 Å². The van der Waals surface area contributed by atoms with E-state index in [1.165, 1.54) is 4.70 Å². The lowest BCUT2D eigenvalue weighted by molar-refractivity contribution is 0.0958. The van der Waals surface area contributed by atoms with Gasteiger partial charge < -0.3 is 5.32 Å². The zero-order valence-electron chi connectivity index (χ0n) is 8.62. The summed E-state index contributed by atoms with van der Waals surface area (Å²) in [5, 5.41) is 4.02. The smallest absolute Gasteiger partial charge is 0.261 e. The Morgan fingerprint density at radius 1 is 1.40 bits per heavy atom. The summed E-state index contributed by atoms with van der Waals surface area (Å²) < 4.78 is 1.17. The number of fused-ring (bicyclic) bond motifs is 1. The second-order valence-corrected chi connectivity index (χ2v) is 4.49. The van der Waals surface area contributed by atoms with Crippen LogP contribution in [-0.4, -0.2) is 12.5 Å². The molecule has 0 saturated heterocycles. The van der Waals surface area contributed by atoms with Gasteiger partial charge in [-0.2, -0.15) is 0 Å². The molecule has 0 radical (unpaired) electrons. The second kappa shape index (κ2) is 4.45. The molecule has 2 nitrogen and oxygen atoms in total. The number of benzene rings is 1. The number of hydrogen-bond donors (Lipinski definition) is 1. The first-order valence-corrected chi connectivity index (χ1v) is 5.89. The van der Waals surface area contributed by atoms with Crippen molar-refractivity contribution in [2.45, 2.75) is 13.3 Å². The normalized spacial score (nSPS) is 10.5. The van der Waals surface area contributed by atoms with Crippen molar-refractivity contribution >= 4 is 27.3 Å². The number of rotatable bonds is 3. The van der Waals surface area contributed by atoms with E-state index in [9.17, 15) is 4.79 Å². The van der Waals surface area contributed by atoms with E-state index in [1.807, 2.05) is 37.3 Å². The average molecular weight is 219 g/mol. The van der Waals surface area contributed by atoms with Crippen LogP contribution in [0.25, 0.3) is 10.1 Å². The molecule has 0 saturated carbocycles. The molecule has 0 fully saturated rings. The second-order valence-electron chi connectivity index (χ2n) is 3.40. The van der Waals surface area contributed by atoms with Gasteiger partial charge >= 0.3 is 0 Å². The molecular weight excluding hydrogens is 206 g/mol. The van der Waals surface area contributed by atoms with Crippen LogP contribution in [0.1, 0.15) is 23.0 Å². The number of nitrogens with one attached hydrogen (secondary N) is 1. The summed E-state index contributed by atoms with van der Waals surface area (Å²) in [5.74, 6) is 0.0399. The van der Waals surface area contributed by atoms with Crippen LogP contribution in [0.5, 0.6) is 0 Å². The molecule has 3 heteroatoms. The zero-order valence-corrected chi connectivity index (χ0v) is 9.43. The van der Waals surface area contributed by atoms with Gasteiger partial charge in [0.1, 0.15) is 0 Å². The van der Waals surface area contributed by atoms with E-state index in [2.05, 4.69) is 5.32 Å². The van der Waals surface area contributed by atoms with Gasteiger partial charge in [-0.3, -0.25) is 4.79 Å². The predicted molar refractivity (Wildman–Crippen MR) is 64.4 cm³/mol. The van der Waals surface area contributed by atoms with Crippen LogP contribution in [-0.2, 0) is 0 Å². The fraction of sp³-hybridized carbons (Fsp3) is 0.250. The van der Waals surface area contributed by atoms with Crippen molar-refractivity contribution in [1.29, 1.82) is 0 Å². The van der Waals surface area contributed by atoms with Gasteiger partial charge in [0.05, 0.1) is 4.88 Å². The molecule has 0 bridgehead atoms. The fourth-order valence-electron chi connectivity index (χ4n) is 1.42. The lowest BCUT2D eigenvalue weighted by Crippen LogP contribution is -2.22. The highest BCUT2D eigenvalue weighted by Crippen LogP contribution is 2.24. The molecule has 2 aromatic rings. The molecule has 78 valence electrons. The van der Waals surface area contributed by atoms with Gasteiger partial charge in [0.25, 0.3) is 5.91 Å². The Bertz CT molecular complexity index is 442. The standard InChI is InChI=1S/C12H13NOS/c1-2-7-13-12(14)11-8-9-5-3-4-6-10(9)15-11/h3-6,8H,2,7H2,1H3,(H,13,14). The molecule has 1 heterocycles. The van der Waals surface area contributed by atoms with Crippen molar-refractivity contribution < 1.29 is 4.79 Å². The first-order chi connectivity index (χ1) is 7.31. The molecule has 0 aliphatic heterocycles. The Labute approximate surface area is 92.9 Å². The van der Waals surface area contributed by atoms with E-state index < -0.39 is 0 Å². The van der Waals surface area contributed by atoms with Crippen LogP contribution in [0.2, 0.25) is 0 Å². The van der Waals surface area contributed by atoms with Gasteiger partial charge in [-0.25, -0.2) is 0 Å². The van der Waals surface area contributed by atoms with E-state index in [0.717, 1.165) is 23.2 Å². The van der Waals surface area contributed by atoms with Crippen molar-refractivity contribution in [3.05, 3.63) is 35.2 Å². The minimum absolute atomic E-state index is 0.0399. The van der Waals surface area contributed by atoms with E-state index in [1.54, 1.807) is 11.3 Å². The van der Waals surface area contributed by atoms with Crippen LogP contribution in [0.4, 0.5) is 0 Å². The van der Waals surface area contributed by atoms with E-state index in [-0.39, 0.29) is 5.91 Å². The monoisotopic (exact) mass is 219 g/mol. The summed E-state index contributed by atoms with van der Waals surface area (Å²) in [6.45, 7) is 2.79. The lowest BCUT2D eigenvalue weighted by atomic mass is 10.2. The lowest BCUT2D eigenvalue weighted by Gasteiger charge is -1.98. The highest BCUT2D eigenvalue weighted by atomic mass is 32.1. The van der Waals surface area contributed by atoms with E-state index in [0.29, 0.717) is 0 Å². The topological polar surface area (TPSA) is 29.1 Å². The fourth-order valence-corrected chi connectivity index (χ4v) is 2.40. The number of carbonyl (C=O) groups is 1. The Morgan fingerprint density at radius 2 is 2.20 bits per heavy atom. The van der Waals surface area contributed by atoms with E-state index in [4.69, 9.17) is 0 Å². The third-order valence-corrected chi connectivity index (χ3v) is 3.30. The molecule has 0 spiro atoms. The quantitative estimate of drug-likeness (QED) is 0.844. The number of amides is 1. The minimum atomic E-state index is 0.0399. The summed E-state index contributed by atoms with van der Waals surface area (Å²) >= 11 is 1.54. The van der Waals surface area contributed by atoms with Crippen LogP contribution < -0.4 is 5.32 Å². The summed E-state index contributed by atoms with van der Waals surface area (Å²) in [5.41, 5.74) is 0. The Kier molecular flexibility index (Phi) is 3.02. The summed E-state index contributed by atoms with van der Waals surface area (Å²) in [7, 11) is 0. The van der Waals surface area contributed by atoms with Crippen LogP contribution in [0.3, 0.4) is 0 Å². The highest BCUT2D eigenvalue weighted by Gasteiger charge is 2.08. The van der Waals surface area contributed by atoms with Gasteiger partial charge in [0.2, 0.25) is 0 Å². The van der Waals surface area contributed by atoms with Gasteiger partial charge in [-0.1, -0.05) is 25.1 Å². The van der Waals surface area contributed by atoms with Gasteiger partial charge in [0.15, 0.2) is 0 Å². The van der Waals surface area contributed by atoms with Crippen LogP contribution >= 0.6 is 11.3 Å². The molecule has 1 aromatic heterocycles. The van der Waals surface area contributed by atoms with Crippen molar-refractivity contribution in [3.8, 4) is 0 Å².